The Morgan fingerprint density at radius 1 is 1.32 bits per heavy atom. The zero-order chi connectivity index (χ0) is 16.1. The molecule has 1 amide bonds. The summed E-state index contributed by atoms with van der Waals surface area (Å²) in [5, 5.41) is 21.7. The van der Waals surface area contributed by atoms with E-state index in [0.29, 0.717) is 5.56 Å². The van der Waals surface area contributed by atoms with Crippen molar-refractivity contribution in [1.29, 1.82) is 0 Å². The maximum Gasteiger partial charge on any atom is 0.251 e. The van der Waals surface area contributed by atoms with E-state index in [1.165, 1.54) is 14.2 Å². The van der Waals surface area contributed by atoms with Crippen molar-refractivity contribution in [3.05, 3.63) is 35.9 Å². The van der Waals surface area contributed by atoms with Crippen LogP contribution in [-0.4, -0.2) is 67.6 Å². The number of methoxy groups -OCH3 is 2. The lowest BCUT2D eigenvalue weighted by Crippen LogP contribution is -2.50. The Bertz CT molecular complexity index is 482. The number of ether oxygens (including phenoxy) is 3. The minimum absolute atomic E-state index is 0.294. The van der Waals surface area contributed by atoms with Crippen LogP contribution in [0.4, 0.5) is 0 Å². The quantitative estimate of drug-likeness (QED) is 0.657. The number of amides is 1. The van der Waals surface area contributed by atoms with Gasteiger partial charge < -0.3 is 29.7 Å². The number of hydrogen-bond donors (Lipinski definition) is 3. The molecule has 1 aromatic carbocycles. The smallest absolute Gasteiger partial charge is 0.251 e. The monoisotopic (exact) mass is 311 g/mol. The average Bonchev–Trinajstić information content (AvgIpc) is 2.92. The van der Waals surface area contributed by atoms with Crippen molar-refractivity contribution in [2.75, 3.05) is 20.8 Å². The molecule has 1 aromatic rings. The summed E-state index contributed by atoms with van der Waals surface area (Å²) in [5.41, 5.74) is 0.498. The standard InChI is InChI=1S/C15H21NO6/c1-20-13-11(15(21-2)22-12(13)10(18)8-17)16-14(19)9-6-4-3-5-7-9/h3-7,10-13,15,17-18H,8H2,1-2H3,(H,16,19). The molecule has 7 nitrogen and oxygen atoms in total. The molecule has 3 N–H and O–H groups in total. The highest BCUT2D eigenvalue weighted by molar-refractivity contribution is 5.94. The summed E-state index contributed by atoms with van der Waals surface area (Å²) in [5.74, 6) is -0.294. The van der Waals surface area contributed by atoms with E-state index in [2.05, 4.69) is 5.32 Å². The van der Waals surface area contributed by atoms with E-state index in [9.17, 15) is 9.90 Å². The third kappa shape index (κ3) is 3.45. The Kier molecular flexibility index (Phi) is 5.87. The van der Waals surface area contributed by atoms with Crippen molar-refractivity contribution in [3.63, 3.8) is 0 Å². The maximum atomic E-state index is 12.3. The second-order valence-electron chi connectivity index (χ2n) is 5.02. The largest absolute Gasteiger partial charge is 0.394 e. The van der Waals surface area contributed by atoms with Crippen molar-refractivity contribution in [2.45, 2.75) is 30.6 Å². The average molecular weight is 311 g/mol. The van der Waals surface area contributed by atoms with Crippen molar-refractivity contribution in [3.8, 4) is 0 Å². The molecule has 7 heteroatoms. The van der Waals surface area contributed by atoms with E-state index < -0.39 is 37.3 Å². The molecule has 1 saturated heterocycles. The van der Waals surface area contributed by atoms with Crippen molar-refractivity contribution >= 4 is 5.91 Å². The van der Waals surface area contributed by atoms with Crippen molar-refractivity contribution in [1.82, 2.24) is 5.32 Å². The fourth-order valence-corrected chi connectivity index (χ4v) is 2.55. The molecule has 0 aliphatic carbocycles. The van der Waals surface area contributed by atoms with Gasteiger partial charge in [-0.2, -0.15) is 0 Å². The molecule has 0 bridgehead atoms. The summed E-state index contributed by atoms with van der Waals surface area (Å²) in [6.07, 6.45) is -3.33. The molecule has 2 rings (SSSR count). The Morgan fingerprint density at radius 2 is 2.00 bits per heavy atom. The molecule has 122 valence electrons. The number of carbonyl (C=O) groups is 1. The molecule has 1 fully saturated rings. The van der Waals surface area contributed by atoms with Crippen LogP contribution in [0.25, 0.3) is 0 Å². The van der Waals surface area contributed by atoms with Crippen molar-refractivity contribution < 1.29 is 29.2 Å². The number of rotatable bonds is 6. The third-order valence-electron chi connectivity index (χ3n) is 3.67. The molecule has 0 saturated carbocycles. The van der Waals surface area contributed by atoms with Gasteiger partial charge in [-0.05, 0) is 12.1 Å². The van der Waals surface area contributed by atoms with E-state index in [1.807, 2.05) is 6.07 Å². The van der Waals surface area contributed by atoms with Crippen LogP contribution < -0.4 is 5.32 Å². The summed E-state index contributed by atoms with van der Waals surface area (Å²) < 4.78 is 16.1. The van der Waals surface area contributed by atoms with Gasteiger partial charge in [0.1, 0.15) is 24.4 Å². The number of benzene rings is 1. The first-order chi connectivity index (χ1) is 10.6. The van der Waals surface area contributed by atoms with Gasteiger partial charge in [0.15, 0.2) is 6.29 Å². The normalized spacial score (nSPS) is 29.3. The highest BCUT2D eigenvalue weighted by Gasteiger charge is 2.48. The van der Waals surface area contributed by atoms with E-state index in [0.717, 1.165) is 0 Å². The minimum Gasteiger partial charge on any atom is -0.394 e. The highest BCUT2D eigenvalue weighted by atomic mass is 16.7. The number of nitrogens with one attached hydrogen (secondary N) is 1. The van der Waals surface area contributed by atoms with Crippen LogP contribution in [0, 0.1) is 0 Å². The number of carbonyl (C=O) groups excluding carboxylic acids is 1. The zero-order valence-corrected chi connectivity index (χ0v) is 12.5. The van der Waals surface area contributed by atoms with Crippen LogP contribution in [0.2, 0.25) is 0 Å². The molecule has 1 aliphatic heterocycles. The lowest BCUT2D eigenvalue weighted by molar-refractivity contribution is -0.154. The Morgan fingerprint density at radius 3 is 2.55 bits per heavy atom. The van der Waals surface area contributed by atoms with Gasteiger partial charge in [0, 0.05) is 19.8 Å². The van der Waals surface area contributed by atoms with Crippen LogP contribution in [0.3, 0.4) is 0 Å². The fourth-order valence-electron chi connectivity index (χ4n) is 2.55. The summed E-state index contributed by atoms with van der Waals surface area (Å²) in [7, 11) is 2.89. The van der Waals surface area contributed by atoms with Gasteiger partial charge in [-0.1, -0.05) is 18.2 Å². The Labute approximate surface area is 128 Å². The predicted octanol–water partition coefficient (Wildman–Crippen LogP) is -0.475. The lowest BCUT2D eigenvalue weighted by Gasteiger charge is -2.24. The summed E-state index contributed by atoms with van der Waals surface area (Å²) in [6, 6.07) is 8.12. The van der Waals surface area contributed by atoms with Crippen LogP contribution in [0.15, 0.2) is 30.3 Å². The summed E-state index contributed by atoms with van der Waals surface area (Å²) in [4.78, 5) is 12.3. The molecule has 5 unspecified atom stereocenters. The first kappa shape index (κ1) is 16.9. The second-order valence-corrected chi connectivity index (χ2v) is 5.02. The van der Waals surface area contributed by atoms with Gasteiger partial charge in [0.2, 0.25) is 0 Å². The Hall–Kier alpha value is -1.51. The van der Waals surface area contributed by atoms with Gasteiger partial charge in [-0.15, -0.1) is 0 Å². The lowest BCUT2D eigenvalue weighted by atomic mass is 10.0. The van der Waals surface area contributed by atoms with Crippen LogP contribution in [0.5, 0.6) is 0 Å². The van der Waals surface area contributed by atoms with Gasteiger partial charge in [-0.3, -0.25) is 4.79 Å². The molecule has 22 heavy (non-hydrogen) atoms. The Balaban J connectivity index is 2.14. The fraction of sp³-hybridized carbons (Fsp3) is 0.533. The van der Waals surface area contributed by atoms with Gasteiger partial charge in [-0.25, -0.2) is 0 Å². The van der Waals surface area contributed by atoms with E-state index in [-0.39, 0.29) is 5.91 Å². The SMILES string of the molecule is COC1OC(C(O)CO)C(OC)C1NC(=O)c1ccccc1. The molecule has 0 spiro atoms. The van der Waals surface area contributed by atoms with Gasteiger partial charge in [0.25, 0.3) is 5.91 Å². The van der Waals surface area contributed by atoms with Crippen LogP contribution in [0.1, 0.15) is 10.4 Å². The third-order valence-corrected chi connectivity index (χ3v) is 3.67. The summed E-state index contributed by atoms with van der Waals surface area (Å²) in [6.45, 7) is -0.472. The number of hydrogen-bond acceptors (Lipinski definition) is 6. The van der Waals surface area contributed by atoms with Gasteiger partial charge in [0.05, 0.1) is 6.61 Å². The molecule has 0 aromatic heterocycles. The minimum atomic E-state index is -1.12. The highest BCUT2D eigenvalue weighted by Crippen LogP contribution is 2.26. The first-order valence-electron chi connectivity index (χ1n) is 6.98. The molecular weight excluding hydrogens is 290 g/mol. The van der Waals surface area contributed by atoms with Gasteiger partial charge >= 0.3 is 0 Å². The van der Waals surface area contributed by atoms with E-state index in [4.69, 9.17) is 19.3 Å². The molecule has 1 heterocycles. The molecule has 5 atom stereocenters. The second kappa shape index (κ2) is 7.66. The van der Waals surface area contributed by atoms with Crippen LogP contribution >= 0.6 is 0 Å². The molecule has 0 radical (unpaired) electrons. The number of aliphatic hydroxyl groups is 2. The van der Waals surface area contributed by atoms with Crippen molar-refractivity contribution in [2.24, 2.45) is 0 Å². The number of aliphatic hydroxyl groups excluding tert-OH is 2. The molecular formula is C15H21NO6. The molecule has 1 aliphatic rings. The first-order valence-corrected chi connectivity index (χ1v) is 6.98. The maximum absolute atomic E-state index is 12.3. The summed E-state index contributed by atoms with van der Waals surface area (Å²) >= 11 is 0. The predicted molar refractivity (Wildman–Crippen MR) is 77.3 cm³/mol. The van der Waals surface area contributed by atoms with E-state index >= 15 is 0 Å². The van der Waals surface area contributed by atoms with Crippen LogP contribution in [-0.2, 0) is 14.2 Å². The van der Waals surface area contributed by atoms with E-state index in [1.54, 1.807) is 24.3 Å². The topological polar surface area (TPSA) is 97.2 Å². The zero-order valence-electron chi connectivity index (χ0n) is 12.5.